The van der Waals surface area contributed by atoms with Crippen LogP contribution in [0.15, 0.2) is 30.5 Å². The SMILES string of the molecule is N#Cc1ccc(N2C[C@]3(C(=O)NC4CCN(CCF)CC4)C[C@]3(C(F)(F)F)C2)c2cccnc12. The Balaban J connectivity index is 1.41. The third kappa shape index (κ3) is 3.40. The van der Waals surface area contributed by atoms with Crippen LogP contribution in [0.2, 0.25) is 0 Å². The zero-order valence-electron chi connectivity index (χ0n) is 18.5. The number of fused-ring (bicyclic) bond motifs is 2. The van der Waals surface area contributed by atoms with Gasteiger partial charge in [-0.15, -0.1) is 0 Å². The van der Waals surface area contributed by atoms with Crippen LogP contribution in [0, 0.1) is 22.2 Å². The van der Waals surface area contributed by atoms with E-state index in [9.17, 15) is 27.6 Å². The van der Waals surface area contributed by atoms with Crippen LogP contribution in [0.5, 0.6) is 0 Å². The van der Waals surface area contributed by atoms with Crippen molar-refractivity contribution in [3.63, 3.8) is 0 Å². The number of halogens is 4. The van der Waals surface area contributed by atoms with E-state index in [4.69, 9.17) is 0 Å². The first-order valence-corrected chi connectivity index (χ1v) is 11.4. The second kappa shape index (κ2) is 8.08. The van der Waals surface area contributed by atoms with Gasteiger partial charge in [0.05, 0.1) is 16.5 Å². The number of piperidine rings is 2. The van der Waals surface area contributed by atoms with Crippen LogP contribution in [0.3, 0.4) is 0 Å². The van der Waals surface area contributed by atoms with Crippen molar-refractivity contribution in [3.8, 4) is 6.07 Å². The molecule has 3 heterocycles. The first-order chi connectivity index (χ1) is 16.2. The van der Waals surface area contributed by atoms with Crippen LogP contribution < -0.4 is 10.2 Å². The van der Waals surface area contributed by atoms with Crippen LogP contribution in [0.4, 0.5) is 23.2 Å². The van der Waals surface area contributed by atoms with Gasteiger partial charge in [-0.05, 0) is 43.5 Å². The van der Waals surface area contributed by atoms with Gasteiger partial charge in [0.15, 0.2) is 0 Å². The molecule has 0 spiro atoms. The molecular formula is C24H25F4N5O. The van der Waals surface area contributed by atoms with Crippen molar-refractivity contribution in [3.05, 3.63) is 36.0 Å². The molecule has 1 aromatic carbocycles. The first-order valence-electron chi connectivity index (χ1n) is 11.4. The van der Waals surface area contributed by atoms with Gasteiger partial charge in [0, 0.05) is 56.0 Å². The smallest absolute Gasteiger partial charge is 0.369 e. The van der Waals surface area contributed by atoms with Crippen molar-refractivity contribution >= 4 is 22.5 Å². The molecule has 2 aliphatic heterocycles. The van der Waals surface area contributed by atoms with E-state index in [1.165, 1.54) is 0 Å². The van der Waals surface area contributed by atoms with Gasteiger partial charge in [0.2, 0.25) is 5.91 Å². The van der Waals surface area contributed by atoms with Gasteiger partial charge >= 0.3 is 6.18 Å². The summed E-state index contributed by atoms with van der Waals surface area (Å²) in [6.45, 7) is 0.767. The van der Waals surface area contributed by atoms with E-state index in [-0.39, 0.29) is 25.6 Å². The summed E-state index contributed by atoms with van der Waals surface area (Å²) >= 11 is 0. The number of nitrogens with one attached hydrogen (secondary N) is 1. The number of aromatic nitrogens is 1. The van der Waals surface area contributed by atoms with Gasteiger partial charge in [0.1, 0.15) is 18.2 Å². The molecule has 1 amide bonds. The minimum atomic E-state index is -4.52. The maximum Gasteiger partial charge on any atom is 0.397 e. The number of pyridine rings is 1. The van der Waals surface area contributed by atoms with E-state index in [2.05, 4.69) is 16.4 Å². The lowest BCUT2D eigenvalue weighted by atomic mass is 9.93. The van der Waals surface area contributed by atoms with E-state index in [0.29, 0.717) is 54.6 Å². The van der Waals surface area contributed by atoms with Crippen LogP contribution in [-0.2, 0) is 4.79 Å². The lowest BCUT2D eigenvalue weighted by Gasteiger charge is -2.32. The maximum atomic E-state index is 14.3. The Labute approximate surface area is 194 Å². The van der Waals surface area contributed by atoms with Gasteiger partial charge in [-0.25, -0.2) is 4.39 Å². The van der Waals surface area contributed by atoms with Crippen molar-refractivity contribution in [2.24, 2.45) is 10.8 Å². The zero-order chi connectivity index (χ0) is 24.1. The molecule has 3 aliphatic rings. The number of rotatable bonds is 5. The lowest BCUT2D eigenvalue weighted by Crippen LogP contribution is -2.49. The first kappa shape index (κ1) is 22.8. The molecular weight excluding hydrogens is 450 g/mol. The molecule has 1 aliphatic carbocycles. The second-order valence-corrected chi connectivity index (χ2v) is 9.62. The van der Waals surface area contributed by atoms with Crippen molar-refractivity contribution in [2.45, 2.75) is 31.5 Å². The number of benzene rings is 1. The average molecular weight is 475 g/mol. The highest BCUT2D eigenvalue weighted by atomic mass is 19.4. The number of nitrogens with zero attached hydrogens (tertiary/aromatic N) is 4. The fourth-order valence-corrected chi connectivity index (χ4v) is 5.86. The number of carbonyl (C=O) groups is 1. The third-order valence-electron chi connectivity index (χ3n) is 7.82. The molecule has 0 unspecified atom stereocenters. The van der Waals surface area contributed by atoms with E-state index >= 15 is 0 Å². The van der Waals surface area contributed by atoms with Crippen LogP contribution in [-0.4, -0.2) is 67.4 Å². The summed E-state index contributed by atoms with van der Waals surface area (Å²) < 4.78 is 55.5. The molecule has 10 heteroatoms. The van der Waals surface area contributed by atoms with Gasteiger partial charge in [-0.2, -0.15) is 18.4 Å². The highest BCUT2D eigenvalue weighted by molar-refractivity contribution is 5.97. The maximum absolute atomic E-state index is 14.3. The van der Waals surface area contributed by atoms with Gasteiger partial charge in [-0.1, -0.05) is 0 Å². The number of anilines is 1. The third-order valence-corrected chi connectivity index (χ3v) is 7.82. The largest absolute Gasteiger partial charge is 0.397 e. The minimum absolute atomic E-state index is 0.0467. The molecule has 34 heavy (non-hydrogen) atoms. The Hall–Kier alpha value is -2.93. The predicted molar refractivity (Wildman–Crippen MR) is 118 cm³/mol. The Bertz CT molecular complexity index is 1160. The highest BCUT2D eigenvalue weighted by Crippen LogP contribution is 2.75. The molecule has 1 saturated carbocycles. The molecule has 2 aromatic rings. The lowest BCUT2D eigenvalue weighted by molar-refractivity contribution is -0.191. The van der Waals surface area contributed by atoms with Gasteiger partial charge in [0.25, 0.3) is 0 Å². The van der Waals surface area contributed by atoms with Crippen molar-refractivity contribution in [2.75, 3.05) is 44.3 Å². The quantitative estimate of drug-likeness (QED) is 0.671. The van der Waals surface area contributed by atoms with E-state index in [1.807, 2.05) is 4.90 Å². The molecule has 6 nitrogen and oxygen atoms in total. The normalized spacial score (nSPS) is 27.4. The monoisotopic (exact) mass is 475 g/mol. The molecule has 2 saturated heterocycles. The molecule has 0 radical (unpaired) electrons. The molecule has 5 rings (SSSR count). The Morgan fingerprint density at radius 2 is 2.00 bits per heavy atom. The Kier molecular flexibility index (Phi) is 5.43. The highest BCUT2D eigenvalue weighted by Gasteiger charge is 2.86. The number of alkyl halides is 4. The summed E-state index contributed by atoms with van der Waals surface area (Å²) in [5.74, 6) is -0.549. The summed E-state index contributed by atoms with van der Waals surface area (Å²) in [6.07, 6.45) is -2.02. The molecule has 1 N–H and O–H groups in total. The number of hydrogen-bond donors (Lipinski definition) is 1. The Morgan fingerprint density at radius 3 is 2.68 bits per heavy atom. The average Bonchev–Trinajstić information content (AvgIpc) is 3.37. The van der Waals surface area contributed by atoms with Crippen molar-refractivity contribution in [1.29, 1.82) is 5.26 Å². The predicted octanol–water partition coefficient (Wildman–Crippen LogP) is 3.42. The summed E-state index contributed by atoms with van der Waals surface area (Å²) in [4.78, 5) is 21.1. The fourth-order valence-electron chi connectivity index (χ4n) is 5.86. The fraction of sp³-hybridized carbons (Fsp3) is 0.542. The molecule has 3 fully saturated rings. The number of amides is 1. The summed E-state index contributed by atoms with van der Waals surface area (Å²) in [6, 6.07) is 8.48. The van der Waals surface area contributed by atoms with Crippen molar-refractivity contribution in [1.82, 2.24) is 15.2 Å². The van der Waals surface area contributed by atoms with Crippen LogP contribution in [0.25, 0.3) is 10.9 Å². The van der Waals surface area contributed by atoms with E-state index in [0.717, 1.165) is 0 Å². The second-order valence-electron chi connectivity index (χ2n) is 9.62. The molecule has 1 aromatic heterocycles. The topological polar surface area (TPSA) is 72.3 Å². The van der Waals surface area contributed by atoms with Crippen LogP contribution >= 0.6 is 0 Å². The summed E-state index contributed by atoms with van der Waals surface area (Å²) in [7, 11) is 0. The summed E-state index contributed by atoms with van der Waals surface area (Å²) in [5.41, 5.74) is -2.31. The van der Waals surface area contributed by atoms with Gasteiger partial charge < -0.3 is 15.1 Å². The zero-order valence-corrected chi connectivity index (χ0v) is 18.5. The van der Waals surface area contributed by atoms with Crippen molar-refractivity contribution < 1.29 is 22.4 Å². The molecule has 2 atom stereocenters. The van der Waals surface area contributed by atoms with Crippen LogP contribution in [0.1, 0.15) is 24.8 Å². The standard InChI is InChI=1S/C24H25F4N5O/c25-7-11-32-9-5-17(6-10-32)31-21(34)22-13-23(22,24(26,27)28)15-33(14-22)19-4-3-16(12-29)20-18(19)2-1-8-30-20/h1-4,8,17H,5-7,9-11,13-15H2,(H,31,34)/t22-,23-/m0/s1. The summed E-state index contributed by atoms with van der Waals surface area (Å²) in [5, 5.41) is 12.9. The van der Waals surface area contributed by atoms with Gasteiger partial charge in [-0.3, -0.25) is 9.78 Å². The number of nitriles is 1. The molecule has 180 valence electrons. The number of hydrogen-bond acceptors (Lipinski definition) is 5. The number of carbonyl (C=O) groups excluding carboxylic acids is 1. The number of likely N-dealkylation sites (tertiary alicyclic amines) is 1. The van der Waals surface area contributed by atoms with E-state index in [1.54, 1.807) is 35.4 Å². The minimum Gasteiger partial charge on any atom is -0.369 e. The Morgan fingerprint density at radius 1 is 1.24 bits per heavy atom. The van der Waals surface area contributed by atoms with E-state index < -0.39 is 29.6 Å². The molecule has 0 bridgehead atoms.